The van der Waals surface area contributed by atoms with E-state index in [-0.39, 0.29) is 17.6 Å². The summed E-state index contributed by atoms with van der Waals surface area (Å²) in [6, 6.07) is 17.1. The summed E-state index contributed by atoms with van der Waals surface area (Å²) >= 11 is 0. The summed E-state index contributed by atoms with van der Waals surface area (Å²) in [6.07, 6.45) is 7.09. The molecule has 1 unspecified atom stereocenters. The minimum atomic E-state index is -3.90. The van der Waals surface area contributed by atoms with Crippen LogP contribution in [0.4, 0.5) is 5.69 Å². The van der Waals surface area contributed by atoms with Gasteiger partial charge in [0.2, 0.25) is 0 Å². The number of anilines is 1. The number of aryl methyl sites for hydroxylation is 2. The molecule has 2 aromatic heterocycles. The van der Waals surface area contributed by atoms with Crippen LogP contribution in [-0.4, -0.2) is 44.4 Å². The molecule has 2 aromatic carbocycles. The zero-order valence-corrected chi connectivity index (χ0v) is 21.0. The Morgan fingerprint density at radius 1 is 1.14 bits per heavy atom. The van der Waals surface area contributed by atoms with Crippen LogP contribution in [0.5, 0.6) is 0 Å². The maximum atomic E-state index is 13.9. The van der Waals surface area contributed by atoms with Crippen molar-refractivity contribution >= 4 is 15.7 Å². The molecule has 4 aromatic rings. The Balaban J connectivity index is 1.58. The fourth-order valence-corrected chi connectivity index (χ4v) is 6.26. The van der Waals surface area contributed by atoms with Crippen LogP contribution in [0.2, 0.25) is 0 Å². The van der Waals surface area contributed by atoms with Crippen molar-refractivity contribution in [2.24, 2.45) is 14.1 Å². The molecule has 0 bridgehead atoms. The monoisotopic (exact) mass is 501 g/mol. The van der Waals surface area contributed by atoms with Crippen molar-refractivity contribution < 1.29 is 8.42 Å². The number of hydrogen-bond acceptors (Lipinski definition) is 6. The minimum absolute atomic E-state index is 0.0238. The molecule has 1 aliphatic rings. The van der Waals surface area contributed by atoms with E-state index >= 15 is 0 Å². The SMILES string of the molecule is Cn1cnc(S(=O)(=O)N(Cc2ccccc2)C2Cc3cc(C#N)ccc3N(Cc3cncn3C)C2)c1. The van der Waals surface area contributed by atoms with Gasteiger partial charge in [-0.05, 0) is 35.7 Å². The van der Waals surface area contributed by atoms with Gasteiger partial charge >= 0.3 is 0 Å². The molecule has 5 rings (SSSR count). The van der Waals surface area contributed by atoms with Gasteiger partial charge in [-0.25, -0.2) is 18.4 Å². The van der Waals surface area contributed by atoms with E-state index in [2.05, 4.69) is 20.9 Å². The lowest BCUT2D eigenvalue weighted by atomic mass is 9.95. The Morgan fingerprint density at radius 3 is 2.61 bits per heavy atom. The molecule has 0 radical (unpaired) electrons. The van der Waals surface area contributed by atoms with Crippen LogP contribution in [0.3, 0.4) is 0 Å². The summed E-state index contributed by atoms with van der Waals surface area (Å²) in [5, 5.41) is 9.53. The van der Waals surface area contributed by atoms with Gasteiger partial charge in [0.25, 0.3) is 10.0 Å². The van der Waals surface area contributed by atoms with Crippen LogP contribution in [0, 0.1) is 11.3 Å². The molecule has 36 heavy (non-hydrogen) atoms. The highest BCUT2D eigenvalue weighted by molar-refractivity contribution is 7.89. The Morgan fingerprint density at radius 2 is 1.94 bits per heavy atom. The maximum Gasteiger partial charge on any atom is 0.262 e. The Hall–Kier alpha value is -3.94. The first-order valence-electron chi connectivity index (χ1n) is 11.6. The highest BCUT2D eigenvalue weighted by Gasteiger charge is 2.37. The molecular weight excluding hydrogens is 474 g/mol. The molecule has 9 nitrogen and oxygen atoms in total. The smallest absolute Gasteiger partial charge is 0.262 e. The van der Waals surface area contributed by atoms with Crippen LogP contribution in [0.25, 0.3) is 0 Å². The Bertz CT molecular complexity index is 1520. The molecule has 0 spiro atoms. The average molecular weight is 502 g/mol. The van der Waals surface area contributed by atoms with Crippen molar-refractivity contribution in [3.63, 3.8) is 0 Å². The molecule has 0 saturated carbocycles. The molecule has 0 saturated heterocycles. The van der Waals surface area contributed by atoms with Crippen LogP contribution < -0.4 is 4.90 Å². The summed E-state index contributed by atoms with van der Waals surface area (Å²) < 4.78 is 33.0. The summed E-state index contributed by atoms with van der Waals surface area (Å²) in [5.74, 6) is 0. The normalized spacial score (nSPS) is 15.6. The first-order valence-corrected chi connectivity index (χ1v) is 13.1. The minimum Gasteiger partial charge on any atom is -0.364 e. The van der Waals surface area contributed by atoms with Gasteiger partial charge < -0.3 is 14.0 Å². The first kappa shape index (κ1) is 23.8. The molecular formula is C26H27N7O2S. The van der Waals surface area contributed by atoms with Gasteiger partial charge in [0.05, 0.1) is 36.5 Å². The second-order valence-corrected chi connectivity index (χ2v) is 10.9. The summed E-state index contributed by atoms with van der Waals surface area (Å²) in [4.78, 5) is 10.6. The predicted octanol–water partition coefficient (Wildman–Crippen LogP) is 2.85. The van der Waals surface area contributed by atoms with Crippen molar-refractivity contribution in [1.29, 1.82) is 5.26 Å². The number of nitriles is 1. The Kier molecular flexibility index (Phi) is 6.35. The quantitative estimate of drug-likeness (QED) is 0.386. The number of hydrogen-bond donors (Lipinski definition) is 0. The first-order chi connectivity index (χ1) is 17.3. The summed E-state index contributed by atoms with van der Waals surface area (Å²) in [7, 11) is -0.203. The highest BCUT2D eigenvalue weighted by atomic mass is 32.2. The number of aromatic nitrogens is 4. The van der Waals surface area contributed by atoms with Gasteiger partial charge in [-0.2, -0.15) is 9.57 Å². The number of nitrogens with zero attached hydrogens (tertiary/aromatic N) is 7. The second kappa shape index (κ2) is 9.60. The van der Waals surface area contributed by atoms with Crippen LogP contribution in [0.15, 0.2) is 78.6 Å². The van der Waals surface area contributed by atoms with E-state index in [1.54, 1.807) is 22.2 Å². The lowest BCUT2D eigenvalue weighted by Crippen LogP contribution is -2.50. The Labute approximate surface area is 210 Å². The third-order valence-corrected chi connectivity index (χ3v) is 8.33. The molecule has 1 atom stereocenters. The number of imidazole rings is 2. The third kappa shape index (κ3) is 4.63. The molecule has 0 fully saturated rings. The van der Waals surface area contributed by atoms with E-state index in [1.165, 1.54) is 12.5 Å². The van der Waals surface area contributed by atoms with Crippen LogP contribution in [-0.2, 0) is 43.6 Å². The molecule has 184 valence electrons. The zero-order valence-electron chi connectivity index (χ0n) is 20.2. The average Bonchev–Trinajstić information content (AvgIpc) is 3.50. The van der Waals surface area contributed by atoms with Gasteiger partial charge in [-0.15, -0.1) is 0 Å². The van der Waals surface area contributed by atoms with Crippen molar-refractivity contribution in [3.05, 3.63) is 96.0 Å². The number of benzene rings is 2. The maximum absolute atomic E-state index is 13.9. The lowest BCUT2D eigenvalue weighted by molar-refractivity contribution is 0.301. The molecule has 0 amide bonds. The van der Waals surface area contributed by atoms with Gasteiger partial charge in [0.15, 0.2) is 5.03 Å². The molecule has 0 aliphatic carbocycles. The fraction of sp³-hybridized carbons (Fsp3) is 0.269. The second-order valence-electron chi connectivity index (χ2n) is 9.10. The van der Waals surface area contributed by atoms with E-state index in [9.17, 15) is 13.7 Å². The van der Waals surface area contributed by atoms with E-state index in [0.717, 1.165) is 22.5 Å². The standard InChI is InChI=1S/C26H27N7O2S/c1-30-17-26(29-19-30)36(34,35)33(14-20-6-4-3-5-7-20)23-11-22-10-21(12-27)8-9-25(22)32(15-23)16-24-13-28-18-31(24)2/h3-10,13,17-19,23H,11,14-16H2,1-2H3. The number of rotatable bonds is 7. The van der Waals surface area contributed by atoms with Crippen molar-refractivity contribution in [2.75, 3.05) is 11.4 Å². The van der Waals surface area contributed by atoms with E-state index in [1.807, 2.05) is 66.3 Å². The van der Waals surface area contributed by atoms with Crippen LogP contribution in [0.1, 0.15) is 22.4 Å². The van der Waals surface area contributed by atoms with Gasteiger partial charge in [0, 0.05) is 51.3 Å². The molecule has 1 aliphatic heterocycles. The zero-order chi connectivity index (χ0) is 25.3. The van der Waals surface area contributed by atoms with Crippen molar-refractivity contribution in [1.82, 2.24) is 23.4 Å². The van der Waals surface area contributed by atoms with Crippen molar-refractivity contribution in [2.45, 2.75) is 30.6 Å². The number of fused-ring (bicyclic) bond motifs is 1. The van der Waals surface area contributed by atoms with Gasteiger partial charge in [-0.3, -0.25) is 0 Å². The largest absolute Gasteiger partial charge is 0.364 e. The fourth-order valence-electron chi connectivity index (χ4n) is 4.69. The van der Waals surface area contributed by atoms with Crippen molar-refractivity contribution in [3.8, 4) is 6.07 Å². The summed E-state index contributed by atoms with van der Waals surface area (Å²) in [6.45, 7) is 1.27. The molecule has 0 N–H and O–H groups in total. The topological polar surface area (TPSA) is 100 Å². The van der Waals surface area contributed by atoms with E-state index in [4.69, 9.17) is 0 Å². The molecule has 3 heterocycles. The third-order valence-electron chi connectivity index (χ3n) is 6.55. The number of sulfonamides is 1. The lowest BCUT2D eigenvalue weighted by Gasteiger charge is -2.40. The van der Waals surface area contributed by atoms with E-state index < -0.39 is 10.0 Å². The van der Waals surface area contributed by atoms with Gasteiger partial charge in [-0.1, -0.05) is 30.3 Å². The van der Waals surface area contributed by atoms with Crippen LogP contribution >= 0.6 is 0 Å². The molecule has 10 heteroatoms. The van der Waals surface area contributed by atoms with Gasteiger partial charge in [0.1, 0.15) is 0 Å². The summed E-state index contributed by atoms with van der Waals surface area (Å²) in [5.41, 5.74) is 4.40. The van der Waals surface area contributed by atoms with E-state index in [0.29, 0.717) is 25.1 Å². The highest BCUT2D eigenvalue weighted by Crippen LogP contribution is 2.33. The predicted molar refractivity (Wildman–Crippen MR) is 135 cm³/mol.